The first-order chi connectivity index (χ1) is 11.8. The molecule has 0 saturated carbocycles. The van der Waals surface area contributed by atoms with Gasteiger partial charge in [0.15, 0.2) is 0 Å². The fourth-order valence-corrected chi connectivity index (χ4v) is 2.48. The Balaban J connectivity index is 2.14. The number of aromatic hydroxyl groups is 1. The van der Waals surface area contributed by atoms with Crippen molar-refractivity contribution in [1.29, 1.82) is 0 Å². The number of aromatic nitrogens is 2. The first-order valence-corrected chi connectivity index (χ1v) is 7.63. The minimum atomic E-state index is -1.08. The Hall–Kier alpha value is -2.65. The van der Waals surface area contributed by atoms with E-state index in [0.717, 1.165) is 10.1 Å². The molecule has 2 rings (SSSR count). The maximum atomic E-state index is 12.8. The number of ether oxygens (including phenoxy) is 1. The monoisotopic (exact) mass is 353 g/mol. The molecule has 0 aliphatic heterocycles. The second kappa shape index (κ2) is 7.95. The van der Waals surface area contributed by atoms with Gasteiger partial charge in [-0.25, -0.2) is 19.2 Å². The van der Waals surface area contributed by atoms with Crippen LogP contribution in [0.4, 0.5) is 4.39 Å². The van der Waals surface area contributed by atoms with Gasteiger partial charge in [0, 0.05) is 0 Å². The van der Waals surface area contributed by atoms with Crippen molar-refractivity contribution in [2.45, 2.75) is 33.1 Å². The number of imidazole rings is 1. The van der Waals surface area contributed by atoms with Gasteiger partial charge in [-0.3, -0.25) is 10.0 Å². The molecule has 0 bridgehead atoms. The van der Waals surface area contributed by atoms with Gasteiger partial charge >= 0.3 is 5.69 Å². The van der Waals surface area contributed by atoms with E-state index >= 15 is 0 Å². The largest absolute Gasteiger partial charge is 0.493 e. The standard InChI is InChI=1S/C16H20FN3O5/c1-9(2)13(14(21)19-24)20-15(22)12(18-16(20)23)8-25-7-10-3-5-11(17)6-4-10/h3-6,9,13,22,24H,7-8H2,1-2H3,(H,18,23)(H,19,21). The molecule has 4 N–H and O–H groups in total. The molecule has 1 atom stereocenters. The van der Waals surface area contributed by atoms with Gasteiger partial charge in [0.2, 0.25) is 5.88 Å². The number of carbonyl (C=O) groups excluding carboxylic acids is 1. The Morgan fingerprint density at radius 2 is 1.96 bits per heavy atom. The molecule has 0 aliphatic carbocycles. The van der Waals surface area contributed by atoms with Crippen LogP contribution in [0.25, 0.3) is 0 Å². The van der Waals surface area contributed by atoms with Gasteiger partial charge in [-0.1, -0.05) is 26.0 Å². The number of H-pyrrole nitrogens is 1. The van der Waals surface area contributed by atoms with E-state index in [2.05, 4.69) is 4.98 Å². The van der Waals surface area contributed by atoms with E-state index in [1.54, 1.807) is 26.0 Å². The number of nitrogens with zero attached hydrogens (tertiary/aromatic N) is 1. The summed E-state index contributed by atoms with van der Waals surface area (Å²) in [5, 5.41) is 19.1. The predicted molar refractivity (Wildman–Crippen MR) is 85.4 cm³/mol. The Kier molecular flexibility index (Phi) is 5.94. The van der Waals surface area contributed by atoms with Crippen molar-refractivity contribution < 1.29 is 24.2 Å². The minimum Gasteiger partial charge on any atom is -0.493 e. The average molecular weight is 353 g/mol. The van der Waals surface area contributed by atoms with E-state index in [1.807, 2.05) is 0 Å². The summed E-state index contributed by atoms with van der Waals surface area (Å²) in [6.07, 6.45) is 0. The third-order valence-corrected chi connectivity index (χ3v) is 3.69. The average Bonchev–Trinajstić information content (AvgIpc) is 2.84. The highest BCUT2D eigenvalue weighted by Crippen LogP contribution is 2.24. The van der Waals surface area contributed by atoms with Crippen LogP contribution >= 0.6 is 0 Å². The van der Waals surface area contributed by atoms with Crippen LogP contribution in [0.2, 0.25) is 0 Å². The van der Waals surface area contributed by atoms with Crippen molar-refractivity contribution in [2.75, 3.05) is 0 Å². The van der Waals surface area contributed by atoms with Crippen LogP contribution in [0.5, 0.6) is 5.88 Å². The predicted octanol–water partition coefficient (Wildman–Crippen LogP) is 1.44. The van der Waals surface area contributed by atoms with Crippen molar-refractivity contribution in [1.82, 2.24) is 15.0 Å². The highest BCUT2D eigenvalue weighted by Gasteiger charge is 2.29. The molecule has 0 spiro atoms. The van der Waals surface area contributed by atoms with Crippen molar-refractivity contribution in [3.63, 3.8) is 0 Å². The summed E-state index contributed by atoms with van der Waals surface area (Å²) >= 11 is 0. The molecular weight excluding hydrogens is 333 g/mol. The summed E-state index contributed by atoms with van der Waals surface area (Å²) in [5.41, 5.74) is 1.62. The summed E-state index contributed by atoms with van der Waals surface area (Å²) in [5.74, 6) is -1.97. The number of halogens is 1. The molecule has 9 heteroatoms. The first kappa shape index (κ1) is 18.7. The molecule has 136 valence electrons. The maximum Gasteiger partial charge on any atom is 0.329 e. The molecule has 1 unspecified atom stereocenters. The Bertz CT molecular complexity index is 782. The molecule has 0 radical (unpaired) electrons. The van der Waals surface area contributed by atoms with Crippen LogP contribution in [0.3, 0.4) is 0 Å². The molecule has 1 aromatic heterocycles. The first-order valence-electron chi connectivity index (χ1n) is 7.63. The van der Waals surface area contributed by atoms with Gasteiger partial charge < -0.3 is 14.8 Å². The quantitative estimate of drug-likeness (QED) is 0.444. The number of aromatic amines is 1. The lowest BCUT2D eigenvalue weighted by Gasteiger charge is -2.19. The molecule has 0 saturated heterocycles. The fourth-order valence-electron chi connectivity index (χ4n) is 2.48. The number of rotatable bonds is 7. The molecule has 0 fully saturated rings. The summed E-state index contributed by atoms with van der Waals surface area (Å²) in [6, 6.07) is 4.64. The lowest BCUT2D eigenvalue weighted by molar-refractivity contribution is -0.134. The smallest absolute Gasteiger partial charge is 0.329 e. The number of hydrogen-bond donors (Lipinski definition) is 4. The third-order valence-electron chi connectivity index (χ3n) is 3.69. The van der Waals surface area contributed by atoms with Crippen LogP contribution in [-0.2, 0) is 22.7 Å². The number of amides is 1. The van der Waals surface area contributed by atoms with Crippen molar-refractivity contribution in [3.05, 3.63) is 51.8 Å². The van der Waals surface area contributed by atoms with Gasteiger partial charge in [-0.2, -0.15) is 0 Å². The molecule has 1 amide bonds. The normalized spacial score (nSPS) is 12.4. The van der Waals surface area contributed by atoms with Crippen molar-refractivity contribution >= 4 is 5.91 Å². The molecule has 1 aromatic carbocycles. The zero-order chi connectivity index (χ0) is 18.6. The van der Waals surface area contributed by atoms with Gasteiger partial charge in [-0.15, -0.1) is 0 Å². The molecule has 25 heavy (non-hydrogen) atoms. The van der Waals surface area contributed by atoms with E-state index in [1.165, 1.54) is 17.6 Å². The van der Waals surface area contributed by atoms with E-state index in [9.17, 15) is 19.1 Å². The summed E-state index contributed by atoms with van der Waals surface area (Å²) < 4.78 is 19.1. The summed E-state index contributed by atoms with van der Waals surface area (Å²) in [4.78, 5) is 26.3. The Morgan fingerprint density at radius 1 is 1.32 bits per heavy atom. The minimum absolute atomic E-state index is 0.100. The Morgan fingerprint density at radius 3 is 2.52 bits per heavy atom. The van der Waals surface area contributed by atoms with E-state index in [-0.39, 0.29) is 30.6 Å². The van der Waals surface area contributed by atoms with Gasteiger partial charge in [0.25, 0.3) is 5.91 Å². The highest BCUT2D eigenvalue weighted by atomic mass is 19.1. The van der Waals surface area contributed by atoms with Gasteiger partial charge in [-0.05, 0) is 23.6 Å². The zero-order valence-electron chi connectivity index (χ0n) is 13.8. The van der Waals surface area contributed by atoms with E-state index in [0.29, 0.717) is 0 Å². The van der Waals surface area contributed by atoms with E-state index in [4.69, 9.17) is 9.94 Å². The number of nitrogens with one attached hydrogen (secondary N) is 2. The lowest BCUT2D eigenvalue weighted by atomic mass is 10.0. The Labute approximate surface area is 142 Å². The molecular formula is C16H20FN3O5. The molecule has 1 heterocycles. The number of hydroxylamine groups is 1. The van der Waals surface area contributed by atoms with Crippen molar-refractivity contribution in [3.8, 4) is 5.88 Å². The third kappa shape index (κ3) is 4.25. The summed E-state index contributed by atoms with van der Waals surface area (Å²) in [6.45, 7) is 3.38. The van der Waals surface area contributed by atoms with Crippen LogP contribution < -0.4 is 11.2 Å². The second-order valence-electron chi connectivity index (χ2n) is 5.89. The van der Waals surface area contributed by atoms with Crippen LogP contribution in [0, 0.1) is 11.7 Å². The number of hydrogen-bond acceptors (Lipinski definition) is 5. The topological polar surface area (TPSA) is 117 Å². The van der Waals surface area contributed by atoms with Crippen LogP contribution in [0.1, 0.15) is 31.1 Å². The highest BCUT2D eigenvalue weighted by molar-refractivity contribution is 5.79. The molecule has 8 nitrogen and oxygen atoms in total. The van der Waals surface area contributed by atoms with Crippen molar-refractivity contribution in [2.24, 2.45) is 5.92 Å². The van der Waals surface area contributed by atoms with Crippen LogP contribution in [-0.4, -0.2) is 25.8 Å². The van der Waals surface area contributed by atoms with E-state index < -0.39 is 23.5 Å². The molecule has 0 aliphatic rings. The lowest BCUT2D eigenvalue weighted by Crippen LogP contribution is -2.37. The second-order valence-corrected chi connectivity index (χ2v) is 5.89. The number of benzene rings is 1. The van der Waals surface area contributed by atoms with Gasteiger partial charge in [0.05, 0.1) is 13.2 Å². The van der Waals surface area contributed by atoms with Gasteiger partial charge in [0.1, 0.15) is 17.6 Å². The van der Waals surface area contributed by atoms with Crippen LogP contribution in [0.15, 0.2) is 29.1 Å². The maximum absolute atomic E-state index is 12.8. The zero-order valence-corrected chi connectivity index (χ0v) is 13.8. The molecule has 2 aromatic rings. The SMILES string of the molecule is CC(C)C(C(=O)NO)n1c(O)c(COCc2ccc(F)cc2)[nH]c1=O. The fraction of sp³-hybridized carbons (Fsp3) is 0.375. The summed E-state index contributed by atoms with van der Waals surface area (Å²) in [7, 11) is 0. The number of carbonyl (C=O) groups is 1.